The number of hydrogen-bond acceptors (Lipinski definition) is 7. The van der Waals surface area contributed by atoms with Crippen LogP contribution in [0.15, 0.2) is 59.3 Å². The van der Waals surface area contributed by atoms with Gasteiger partial charge in [-0.25, -0.2) is 4.79 Å². The number of methoxy groups -OCH3 is 3. The van der Waals surface area contributed by atoms with Gasteiger partial charge in [-0.05, 0) is 67.7 Å². The highest BCUT2D eigenvalue weighted by Crippen LogP contribution is 2.33. The Bertz CT molecular complexity index is 1320. The number of carbonyl (C=O) groups is 3. The molecule has 2 aliphatic rings. The largest absolute Gasteiger partial charge is 0.493 e. The number of amides is 2. The van der Waals surface area contributed by atoms with Crippen LogP contribution in [-0.4, -0.2) is 63.2 Å². The molecular weight excluding hydrogens is 524 g/mol. The average molecular weight is 563 g/mol. The summed E-state index contributed by atoms with van der Waals surface area (Å²) in [6, 6.07) is 12.9. The zero-order valence-corrected chi connectivity index (χ0v) is 24.2. The molecule has 0 spiro atoms. The Morgan fingerprint density at radius 3 is 2.34 bits per heavy atom. The quantitative estimate of drug-likeness (QED) is 0.319. The van der Waals surface area contributed by atoms with E-state index in [1.165, 1.54) is 13.5 Å². The van der Waals surface area contributed by atoms with Crippen LogP contribution in [0.1, 0.15) is 50.2 Å². The molecule has 4 rings (SSSR count). The van der Waals surface area contributed by atoms with E-state index in [-0.39, 0.29) is 35.6 Å². The van der Waals surface area contributed by atoms with Crippen molar-refractivity contribution in [2.24, 2.45) is 0 Å². The highest BCUT2D eigenvalue weighted by Gasteiger charge is 2.36. The minimum Gasteiger partial charge on any atom is -0.493 e. The van der Waals surface area contributed by atoms with E-state index in [0.717, 1.165) is 31.2 Å². The molecule has 0 atom stereocenters. The fourth-order valence-corrected chi connectivity index (χ4v) is 5.27. The molecule has 218 valence electrons. The zero-order chi connectivity index (χ0) is 29.4. The number of nitrogens with zero attached hydrogens (tertiary/aromatic N) is 1. The summed E-state index contributed by atoms with van der Waals surface area (Å²) in [4.78, 5) is 40.1. The third-order valence-electron chi connectivity index (χ3n) is 7.50. The minimum absolute atomic E-state index is 0.0567. The first-order valence-corrected chi connectivity index (χ1v) is 13.9. The van der Waals surface area contributed by atoms with Crippen LogP contribution in [0.25, 0.3) is 6.08 Å². The molecule has 2 amide bonds. The van der Waals surface area contributed by atoms with Gasteiger partial charge in [-0.15, -0.1) is 0 Å². The lowest BCUT2D eigenvalue weighted by Crippen LogP contribution is -2.38. The fourth-order valence-electron chi connectivity index (χ4n) is 5.27. The van der Waals surface area contributed by atoms with Crippen LogP contribution in [0.4, 0.5) is 0 Å². The maximum absolute atomic E-state index is 13.5. The van der Waals surface area contributed by atoms with Gasteiger partial charge in [-0.2, -0.15) is 0 Å². The predicted octanol–water partition coefficient (Wildman–Crippen LogP) is 4.45. The van der Waals surface area contributed by atoms with Crippen LogP contribution in [0.3, 0.4) is 0 Å². The molecule has 1 aliphatic heterocycles. The first-order chi connectivity index (χ1) is 19.8. The SMILES string of the molecule is COC(=O)C1=C(C)N(CCc2ccc(OC)c(OC)c2)C(=O)/C1=C\c1ccc(OCC(=O)NC2CCCCC2)cc1. The van der Waals surface area contributed by atoms with Crippen molar-refractivity contribution in [3.63, 3.8) is 0 Å². The van der Waals surface area contributed by atoms with E-state index >= 15 is 0 Å². The molecule has 0 aromatic heterocycles. The fraction of sp³-hybridized carbons (Fsp3) is 0.406. The van der Waals surface area contributed by atoms with Crippen molar-refractivity contribution < 1.29 is 33.3 Å². The van der Waals surface area contributed by atoms with E-state index < -0.39 is 5.97 Å². The summed E-state index contributed by atoms with van der Waals surface area (Å²) in [7, 11) is 4.45. The second-order valence-electron chi connectivity index (χ2n) is 10.2. The van der Waals surface area contributed by atoms with Crippen molar-refractivity contribution in [2.45, 2.75) is 51.5 Å². The molecule has 0 bridgehead atoms. The van der Waals surface area contributed by atoms with Crippen molar-refractivity contribution in [3.05, 3.63) is 70.4 Å². The molecule has 2 aromatic rings. The maximum Gasteiger partial charge on any atom is 0.340 e. The Kier molecular flexibility index (Phi) is 10.1. The summed E-state index contributed by atoms with van der Waals surface area (Å²) in [5, 5.41) is 3.04. The molecule has 9 nitrogen and oxygen atoms in total. The molecule has 1 fully saturated rings. The maximum atomic E-state index is 13.5. The van der Waals surface area contributed by atoms with Crippen molar-refractivity contribution in [1.82, 2.24) is 10.2 Å². The Balaban J connectivity index is 1.43. The molecule has 1 aliphatic carbocycles. The third kappa shape index (κ3) is 7.28. The lowest BCUT2D eigenvalue weighted by molar-refractivity contribution is -0.136. The zero-order valence-electron chi connectivity index (χ0n) is 24.2. The van der Waals surface area contributed by atoms with Crippen molar-refractivity contribution in [1.29, 1.82) is 0 Å². The summed E-state index contributed by atoms with van der Waals surface area (Å²) in [5.74, 6) is 0.805. The van der Waals surface area contributed by atoms with Crippen molar-refractivity contribution in [3.8, 4) is 17.2 Å². The number of ether oxygens (including phenoxy) is 4. The van der Waals surface area contributed by atoms with Crippen LogP contribution in [0.2, 0.25) is 0 Å². The van der Waals surface area contributed by atoms with Crippen LogP contribution >= 0.6 is 0 Å². The first-order valence-electron chi connectivity index (χ1n) is 13.9. The lowest BCUT2D eigenvalue weighted by Gasteiger charge is -2.22. The minimum atomic E-state index is -0.570. The van der Waals surface area contributed by atoms with Gasteiger partial charge in [-0.3, -0.25) is 9.59 Å². The second-order valence-corrected chi connectivity index (χ2v) is 10.2. The highest BCUT2D eigenvalue weighted by molar-refractivity contribution is 6.16. The van der Waals surface area contributed by atoms with Crippen LogP contribution in [-0.2, 0) is 25.5 Å². The smallest absolute Gasteiger partial charge is 0.340 e. The second kappa shape index (κ2) is 13.9. The van der Waals surface area contributed by atoms with Gasteiger partial charge in [0.05, 0.1) is 32.5 Å². The standard InChI is InChI=1S/C32H38N2O7/c1-21-30(32(37)40-4)26(31(36)34(21)17-16-23-12-15-27(38-2)28(19-23)39-3)18-22-10-13-25(14-11-22)41-20-29(35)33-24-8-6-5-7-9-24/h10-15,18-19,24H,5-9,16-17,20H2,1-4H3,(H,33,35)/b26-18-. The Morgan fingerprint density at radius 2 is 1.68 bits per heavy atom. The van der Waals surface area contributed by atoms with E-state index in [0.29, 0.717) is 41.5 Å². The third-order valence-corrected chi connectivity index (χ3v) is 7.50. The van der Waals surface area contributed by atoms with Gasteiger partial charge in [0.1, 0.15) is 5.75 Å². The van der Waals surface area contributed by atoms with Crippen LogP contribution < -0.4 is 19.5 Å². The summed E-state index contributed by atoms with van der Waals surface area (Å²) in [5.41, 5.74) is 2.72. The number of nitrogens with one attached hydrogen (secondary N) is 1. The summed E-state index contributed by atoms with van der Waals surface area (Å²) < 4.78 is 21.4. The van der Waals surface area contributed by atoms with E-state index in [1.54, 1.807) is 56.4 Å². The molecule has 41 heavy (non-hydrogen) atoms. The Morgan fingerprint density at radius 1 is 0.976 bits per heavy atom. The van der Waals surface area contributed by atoms with Crippen molar-refractivity contribution in [2.75, 3.05) is 34.5 Å². The van der Waals surface area contributed by atoms with E-state index in [2.05, 4.69) is 5.32 Å². The monoisotopic (exact) mass is 562 g/mol. The lowest BCUT2D eigenvalue weighted by atomic mass is 9.95. The van der Waals surface area contributed by atoms with Gasteiger partial charge < -0.3 is 29.2 Å². The van der Waals surface area contributed by atoms with Gasteiger partial charge in [0, 0.05) is 18.3 Å². The Hall–Kier alpha value is -4.27. The number of allylic oxidation sites excluding steroid dienone is 1. The van der Waals surface area contributed by atoms with Crippen molar-refractivity contribution >= 4 is 23.9 Å². The van der Waals surface area contributed by atoms with Gasteiger partial charge in [0.2, 0.25) is 0 Å². The number of rotatable bonds is 11. The molecule has 1 heterocycles. The van der Waals surface area contributed by atoms with E-state index in [4.69, 9.17) is 18.9 Å². The summed E-state index contributed by atoms with van der Waals surface area (Å²) in [6.07, 6.45) is 7.77. The molecule has 0 radical (unpaired) electrons. The molecular formula is C32H38N2O7. The van der Waals surface area contributed by atoms with Gasteiger partial charge in [0.15, 0.2) is 18.1 Å². The molecule has 0 saturated heterocycles. The normalized spacial score (nSPS) is 16.6. The number of esters is 1. The van der Waals surface area contributed by atoms with Crippen LogP contribution in [0.5, 0.6) is 17.2 Å². The van der Waals surface area contributed by atoms with Gasteiger partial charge in [0.25, 0.3) is 11.8 Å². The average Bonchev–Trinajstić information content (AvgIpc) is 3.23. The summed E-state index contributed by atoms with van der Waals surface area (Å²) in [6.45, 7) is 2.06. The molecule has 1 N–H and O–H groups in total. The molecule has 1 saturated carbocycles. The number of carbonyl (C=O) groups excluding carboxylic acids is 3. The Labute approximate surface area is 241 Å². The summed E-state index contributed by atoms with van der Waals surface area (Å²) >= 11 is 0. The predicted molar refractivity (Wildman–Crippen MR) is 155 cm³/mol. The molecule has 9 heteroatoms. The number of benzene rings is 2. The van der Waals surface area contributed by atoms with Gasteiger partial charge >= 0.3 is 5.97 Å². The van der Waals surface area contributed by atoms with Crippen LogP contribution in [0, 0.1) is 0 Å². The molecule has 2 aromatic carbocycles. The number of hydrogen-bond donors (Lipinski definition) is 1. The first kappa shape index (κ1) is 29.7. The topological polar surface area (TPSA) is 103 Å². The van der Waals surface area contributed by atoms with Gasteiger partial charge in [-0.1, -0.05) is 37.5 Å². The van der Waals surface area contributed by atoms with E-state index in [9.17, 15) is 14.4 Å². The molecule has 0 unspecified atom stereocenters. The van der Waals surface area contributed by atoms with E-state index in [1.807, 2.05) is 18.2 Å². The highest BCUT2D eigenvalue weighted by atomic mass is 16.5.